The number of rotatable bonds is 13. The minimum Gasteiger partial charge on any atom is -0.107 e. The highest BCUT2D eigenvalue weighted by atomic mass is 14.1. The molecular weight excluding hydrogens is 240 g/mol. The third kappa shape index (κ3) is 14.0. The Morgan fingerprint density at radius 2 is 1.20 bits per heavy atom. The molecule has 0 N–H and O–H groups in total. The van der Waals surface area contributed by atoms with Crippen molar-refractivity contribution in [1.29, 1.82) is 0 Å². The maximum atomic E-state index is 3.15. The summed E-state index contributed by atoms with van der Waals surface area (Å²) in [6, 6.07) is 0. The molecule has 0 aliphatic heterocycles. The van der Waals surface area contributed by atoms with E-state index in [4.69, 9.17) is 0 Å². The number of unbranched alkanes of at least 4 members (excludes halogenated alkanes) is 5. The molecule has 0 rings (SSSR count). The molecule has 0 aromatic rings. The second kappa shape index (κ2) is 15.0. The van der Waals surface area contributed by atoms with Crippen LogP contribution in [0.4, 0.5) is 0 Å². The smallest absolute Gasteiger partial charge is 0.00885 e. The minimum atomic E-state index is 0.937. The van der Waals surface area contributed by atoms with Gasteiger partial charge >= 0.3 is 0 Å². The quantitative estimate of drug-likeness (QED) is 0.252. The molecule has 0 saturated carbocycles. The van der Waals surface area contributed by atoms with Gasteiger partial charge in [-0.3, -0.25) is 0 Å². The monoisotopic (exact) mass is 278 g/mol. The molecule has 0 radical (unpaired) electrons. The summed E-state index contributed by atoms with van der Waals surface area (Å²) >= 11 is 0. The third-order valence-corrected chi connectivity index (χ3v) is 4.35. The van der Waals surface area contributed by atoms with Gasteiger partial charge in [0.05, 0.1) is 0 Å². The van der Waals surface area contributed by atoms with Crippen LogP contribution in [0.15, 0.2) is 0 Å². The standard InChI is InChI=1S/C20H38/c1-5-7-8-9-10-11-12-16-20(4)18-14-13-17-19(3)15-6-2/h19-20H,6,8-18H2,1-4H3. The van der Waals surface area contributed by atoms with Crippen LogP contribution in [0.3, 0.4) is 0 Å². The average Bonchev–Trinajstić information content (AvgIpc) is 2.43. The fourth-order valence-electron chi connectivity index (χ4n) is 2.95. The summed E-state index contributed by atoms with van der Waals surface area (Å²) in [6.07, 6.45) is 16.6. The molecule has 0 saturated heterocycles. The maximum Gasteiger partial charge on any atom is 0.00885 e. The Bertz CT molecular complexity index is 242. The lowest BCUT2D eigenvalue weighted by molar-refractivity contribution is 0.408. The van der Waals surface area contributed by atoms with Gasteiger partial charge in [0.2, 0.25) is 0 Å². The molecule has 0 nitrogen and oxygen atoms in total. The Labute approximate surface area is 129 Å². The second-order valence-electron chi connectivity index (χ2n) is 6.66. The molecule has 0 spiro atoms. The summed E-state index contributed by atoms with van der Waals surface area (Å²) in [6.45, 7) is 9.09. The lowest BCUT2D eigenvalue weighted by Gasteiger charge is -2.13. The summed E-state index contributed by atoms with van der Waals surface area (Å²) in [7, 11) is 0. The first-order valence-corrected chi connectivity index (χ1v) is 9.10. The molecule has 0 heteroatoms. The van der Waals surface area contributed by atoms with E-state index in [9.17, 15) is 0 Å². The summed E-state index contributed by atoms with van der Waals surface area (Å²) in [5, 5.41) is 0. The zero-order valence-electron chi connectivity index (χ0n) is 14.6. The molecule has 20 heavy (non-hydrogen) atoms. The first kappa shape index (κ1) is 19.6. The van der Waals surface area contributed by atoms with Gasteiger partial charge in [-0.05, 0) is 25.2 Å². The van der Waals surface area contributed by atoms with Crippen molar-refractivity contribution in [3.8, 4) is 11.8 Å². The third-order valence-electron chi connectivity index (χ3n) is 4.35. The van der Waals surface area contributed by atoms with E-state index in [1.165, 1.54) is 70.6 Å². The molecule has 0 amide bonds. The topological polar surface area (TPSA) is 0 Å². The van der Waals surface area contributed by atoms with E-state index < -0.39 is 0 Å². The molecule has 0 aromatic heterocycles. The van der Waals surface area contributed by atoms with Gasteiger partial charge < -0.3 is 0 Å². The Kier molecular flexibility index (Phi) is 14.6. The van der Waals surface area contributed by atoms with Crippen LogP contribution < -0.4 is 0 Å². The van der Waals surface area contributed by atoms with Crippen LogP contribution in [0.1, 0.15) is 105 Å². The zero-order valence-corrected chi connectivity index (χ0v) is 14.6. The van der Waals surface area contributed by atoms with Gasteiger partial charge in [-0.15, -0.1) is 11.8 Å². The summed E-state index contributed by atoms with van der Waals surface area (Å²) < 4.78 is 0. The minimum absolute atomic E-state index is 0.937. The largest absolute Gasteiger partial charge is 0.107 e. The van der Waals surface area contributed by atoms with Gasteiger partial charge in [0.15, 0.2) is 0 Å². The Hall–Kier alpha value is -0.440. The summed E-state index contributed by atoms with van der Waals surface area (Å²) in [4.78, 5) is 0. The van der Waals surface area contributed by atoms with Crippen LogP contribution in [0.25, 0.3) is 0 Å². The van der Waals surface area contributed by atoms with Crippen LogP contribution in [-0.4, -0.2) is 0 Å². The molecule has 0 heterocycles. The van der Waals surface area contributed by atoms with Crippen molar-refractivity contribution in [3.05, 3.63) is 0 Å². The van der Waals surface area contributed by atoms with Crippen molar-refractivity contribution in [2.24, 2.45) is 11.8 Å². The van der Waals surface area contributed by atoms with Crippen LogP contribution in [0, 0.1) is 23.7 Å². The van der Waals surface area contributed by atoms with E-state index in [2.05, 4.69) is 32.6 Å². The predicted molar refractivity (Wildman–Crippen MR) is 92.9 cm³/mol. The van der Waals surface area contributed by atoms with Gasteiger partial charge in [0.1, 0.15) is 0 Å². The van der Waals surface area contributed by atoms with E-state index in [0.29, 0.717) is 0 Å². The Balaban J connectivity index is 3.27. The van der Waals surface area contributed by atoms with Crippen molar-refractivity contribution in [2.75, 3.05) is 0 Å². The van der Waals surface area contributed by atoms with Crippen LogP contribution in [-0.2, 0) is 0 Å². The second-order valence-corrected chi connectivity index (χ2v) is 6.66. The highest BCUT2D eigenvalue weighted by molar-refractivity contribution is 4.94. The van der Waals surface area contributed by atoms with Crippen molar-refractivity contribution < 1.29 is 0 Å². The van der Waals surface area contributed by atoms with Crippen LogP contribution in [0.2, 0.25) is 0 Å². The first-order chi connectivity index (χ1) is 9.70. The molecule has 2 unspecified atom stereocenters. The summed E-state index contributed by atoms with van der Waals surface area (Å²) in [5.41, 5.74) is 0. The zero-order chi connectivity index (χ0) is 15.1. The van der Waals surface area contributed by atoms with Crippen molar-refractivity contribution in [2.45, 2.75) is 105 Å². The lowest BCUT2D eigenvalue weighted by Crippen LogP contribution is -1.97. The van der Waals surface area contributed by atoms with Crippen molar-refractivity contribution in [3.63, 3.8) is 0 Å². The van der Waals surface area contributed by atoms with E-state index in [0.717, 1.165) is 18.3 Å². The summed E-state index contributed by atoms with van der Waals surface area (Å²) in [5.74, 6) is 8.00. The van der Waals surface area contributed by atoms with Gasteiger partial charge in [0.25, 0.3) is 0 Å². The van der Waals surface area contributed by atoms with E-state index in [1.54, 1.807) is 0 Å². The molecule has 0 fully saturated rings. The van der Waals surface area contributed by atoms with Gasteiger partial charge in [0, 0.05) is 6.42 Å². The first-order valence-electron chi connectivity index (χ1n) is 9.10. The SMILES string of the molecule is CC#CCCCCCCC(C)CCCCC(C)CCC. The predicted octanol–water partition coefficient (Wildman–Crippen LogP) is 6.98. The number of hydrogen-bond donors (Lipinski definition) is 0. The average molecular weight is 279 g/mol. The molecule has 0 bridgehead atoms. The maximum absolute atomic E-state index is 3.15. The van der Waals surface area contributed by atoms with Crippen LogP contribution >= 0.6 is 0 Å². The fraction of sp³-hybridized carbons (Fsp3) is 0.900. The Morgan fingerprint density at radius 3 is 1.75 bits per heavy atom. The Morgan fingerprint density at radius 1 is 0.700 bits per heavy atom. The van der Waals surface area contributed by atoms with Gasteiger partial charge in [-0.2, -0.15) is 0 Å². The molecule has 0 aliphatic carbocycles. The normalized spacial score (nSPS) is 13.6. The highest BCUT2D eigenvalue weighted by Crippen LogP contribution is 2.20. The van der Waals surface area contributed by atoms with Crippen molar-refractivity contribution in [1.82, 2.24) is 0 Å². The van der Waals surface area contributed by atoms with E-state index in [1.807, 2.05) is 6.92 Å². The molecule has 118 valence electrons. The molecule has 0 aliphatic rings. The van der Waals surface area contributed by atoms with Crippen molar-refractivity contribution >= 4 is 0 Å². The fourth-order valence-corrected chi connectivity index (χ4v) is 2.95. The molecule has 0 aromatic carbocycles. The van der Waals surface area contributed by atoms with Crippen LogP contribution in [0.5, 0.6) is 0 Å². The highest BCUT2D eigenvalue weighted by Gasteiger charge is 2.04. The van der Waals surface area contributed by atoms with E-state index in [-0.39, 0.29) is 0 Å². The molecular formula is C20H38. The number of hydrogen-bond acceptors (Lipinski definition) is 0. The van der Waals surface area contributed by atoms with Gasteiger partial charge in [-0.1, -0.05) is 85.0 Å². The molecule has 2 atom stereocenters. The van der Waals surface area contributed by atoms with E-state index >= 15 is 0 Å². The van der Waals surface area contributed by atoms with Gasteiger partial charge in [-0.25, -0.2) is 0 Å². The lowest BCUT2D eigenvalue weighted by atomic mass is 9.94.